The summed E-state index contributed by atoms with van der Waals surface area (Å²) in [5.41, 5.74) is -0.781. The summed E-state index contributed by atoms with van der Waals surface area (Å²) in [7, 11) is 0. The van der Waals surface area contributed by atoms with Gasteiger partial charge in [-0.1, -0.05) is 28.9 Å². The van der Waals surface area contributed by atoms with Crippen LogP contribution in [0.5, 0.6) is 0 Å². The van der Waals surface area contributed by atoms with Gasteiger partial charge < -0.3 is 5.11 Å². The zero-order chi connectivity index (χ0) is 24.5. The summed E-state index contributed by atoms with van der Waals surface area (Å²) in [4.78, 5) is 13.7. The van der Waals surface area contributed by atoms with Gasteiger partial charge in [-0.3, -0.25) is 9.48 Å². The van der Waals surface area contributed by atoms with Gasteiger partial charge in [0.05, 0.1) is 11.7 Å². The van der Waals surface area contributed by atoms with E-state index in [1.54, 1.807) is 0 Å². The Morgan fingerprint density at radius 3 is 2.74 bits per heavy atom. The third-order valence-electron chi connectivity index (χ3n) is 10.8. The summed E-state index contributed by atoms with van der Waals surface area (Å²) in [6.45, 7) is 2.67. The first-order valence-electron chi connectivity index (χ1n) is 13.3. The second-order valence-electron chi connectivity index (χ2n) is 12.2. The number of nitrogens with zero attached hydrogens (tertiary/aromatic N) is 2. The first-order chi connectivity index (χ1) is 16.7. The first-order valence-corrected chi connectivity index (χ1v) is 14.1. The van der Waals surface area contributed by atoms with Crippen LogP contribution in [-0.2, 0) is 11.3 Å². The van der Waals surface area contributed by atoms with Crippen molar-refractivity contribution < 1.29 is 18.7 Å². The summed E-state index contributed by atoms with van der Waals surface area (Å²) in [6, 6.07) is 5.99. The number of carbonyl (C=O) groups is 1. The molecule has 4 saturated carbocycles. The van der Waals surface area contributed by atoms with Gasteiger partial charge in [-0.2, -0.15) is 5.10 Å². The van der Waals surface area contributed by atoms with Crippen LogP contribution in [0.1, 0.15) is 64.7 Å². The van der Waals surface area contributed by atoms with Gasteiger partial charge in [0.25, 0.3) is 6.43 Å². The van der Waals surface area contributed by atoms with Gasteiger partial charge in [0.15, 0.2) is 5.78 Å². The summed E-state index contributed by atoms with van der Waals surface area (Å²) in [6.07, 6.45) is 6.58. The Morgan fingerprint density at radius 2 is 1.94 bits per heavy atom. The summed E-state index contributed by atoms with van der Waals surface area (Å²) in [5, 5.41) is 16.0. The van der Waals surface area contributed by atoms with E-state index >= 15 is 0 Å². The monoisotopic (exact) mass is 548 g/mol. The van der Waals surface area contributed by atoms with Gasteiger partial charge >= 0.3 is 0 Å². The molecule has 35 heavy (non-hydrogen) atoms. The SMILES string of the molecule is C[C@]12CC[C@H]3[C@@H](CC[C@@H]4C[C@@](O)(C(F)F)CC[C@@H]43)[C@@H]1CC[C@@H]2C(=O)Cn1ncc2c(Br)cccc21. The molecule has 1 aromatic carbocycles. The normalized spacial score (nSPS) is 41.0. The predicted molar refractivity (Wildman–Crippen MR) is 134 cm³/mol. The maximum atomic E-state index is 13.7. The maximum absolute atomic E-state index is 13.7. The highest BCUT2D eigenvalue weighted by atomic mass is 79.9. The van der Waals surface area contributed by atoms with Crippen LogP contribution in [-0.4, -0.2) is 32.7 Å². The number of aromatic nitrogens is 2. The average molecular weight is 550 g/mol. The highest BCUT2D eigenvalue weighted by Gasteiger charge is 2.59. The number of hydrogen-bond acceptors (Lipinski definition) is 3. The molecule has 4 fully saturated rings. The Morgan fingerprint density at radius 1 is 1.14 bits per heavy atom. The van der Waals surface area contributed by atoms with E-state index in [1.807, 2.05) is 29.1 Å². The van der Waals surface area contributed by atoms with Crippen molar-refractivity contribution in [3.63, 3.8) is 0 Å². The Bertz CT molecular complexity index is 1140. The van der Waals surface area contributed by atoms with Crippen molar-refractivity contribution in [1.29, 1.82) is 0 Å². The minimum Gasteiger partial charge on any atom is -0.384 e. The molecule has 4 aliphatic carbocycles. The van der Waals surface area contributed by atoms with Crippen molar-refractivity contribution in [2.24, 2.45) is 40.9 Å². The van der Waals surface area contributed by atoms with Crippen LogP contribution in [0.3, 0.4) is 0 Å². The number of rotatable bonds is 4. The molecular weight excluding hydrogens is 514 g/mol. The largest absolute Gasteiger partial charge is 0.384 e. The number of benzene rings is 1. The lowest BCUT2D eigenvalue weighted by Crippen LogP contribution is -2.53. The molecule has 0 unspecified atom stereocenters. The van der Waals surface area contributed by atoms with Gasteiger partial charge in [0.2, 0.25) is 0 Å². The minimum absolute atomic E-state index is 0.0208. The molecule has 6 rings (SSSR count). The second kappa shape index (κ2) is 8.61. The lowest BCUT2D eigenvalue weighted by molar-refractivity contribution is -0.160. The van der Waals surface area contributed by atoms with Gasteiger partial charge in [-0.15, -0.1) is 0 Å². The molecule has 7 heteroatoms. The van der Waals surface area contributed by atoms with E-state index in [0.29, 0.717) is 36.0 Å². The van der Waals surface area contributed by atoms with Crippen molar-refractivity contribution in [1.82, 2.24) is 9.78 Å². The topological polar surface area (TPSA) is 55.1 Å². The molecule has 8 atom stereocenters. The lowest BCUT2D eigenvalue weighted by Gasteiger charge is -2.57. The van der Waals surface area contributed by atoms with E-state index < -0.39 is 12.0 Å². The zero-order valence-corrected chi connectivity index (χ0v) is 21.9. The molecule has 1 aromatic heterocycles. The molecule has 2 aromatic rings. The van der Waals surface area contributed by atoms with E-state index in [2.05, 4.69) is 28.0 Å². The van der Waals surface area contributed by atoms with Crippen molar-refractivity contribution >= 4 is 32.6 Å². The Labute approximate surface area is 214 Å². The highest BCUT2D eigenvalue weighted by molar-refractivity contribution is 9.10. The van der Waals surface area contributed by atoms with Gasteiger partial charge in [0.1, 0.15) is 12.1 Å². The fourth-order valence-electron chi connectivity index (χ4n) is 9.09. The molecule has 0 radical (unpaired) electrons. The van der Waals surface area contributed by atoms with Crippen LogP contribution in [0.25, 0.3) is 10.9 Å². The highest BCUT2D eigenvalue weighted by Crippen LogP contribution is 2.65. The Balaban J connectivity index is 1.18. The fourth-order valence-corrected chi connectivity index (χ4v) is 9.55. The van der Waals surface area contributed by atoms with Gasteiger partial charge in [-0.05, 0) is 105 Å². The second-order valence-corrected chi connectivity index (χ2v) is 13.1. The number of aliphatic hydroxyl groups is 1. The number of carbonyl (C=O) groups excluding carboxylic acids is 1. The maximum Gasteiger partial charge on any atom is 0.266 e. The van der Waals surface area contributed by atoms with Gasteiger partial charge in [0, 0.05) is 15.8 Å². The Hall–Kier alpha value is -1.34. The molecule has 0 aliphatic heterocycles. The number of alkyl halides is 2. The summed E-state index contributed by atoms with van der Waals surface area (Å²) in [5.74, 6) is 2.73. The van der Waals surface area contributed by atoms with Crippen molar-refractivity contribution in [2.45, 2.75) is 83.3 Å². The van der Waals surface area contributed by atoms with Crippen LogP contribution < -0.4 is 0 Å². The Kier molecular flexibility index (Phi) is 5.91. The molecule has 0 saturated heterocycles. The quantitative estimate of drug-likeness (QED) is 0.466. The lowest BCUT2D eigenvalue weighted by atomic mass is 9.49. The van der Waals surface area contributed by atoms with Crippen LogP contribution in [0, 0.1) is 40.9 Å². The van der Waals surface area contributed by atoms with E-state index in [9.17, 15) is 18.7 Å². The fraction of sp³-hybridized carbons (Fsp3) is 0.714. The molecule has 1 heterocycles. The number of halogens is 3. The molecule has 4 nitrogen and oxygen atoms in total. The third-order valence-corrected chi connectivity index (χ3v) is 11.5. The molecule has 1 N–H and O–H groups in total. The minimum atomic E-state index is -2.65. The van der Waals surface area contributed by atoms with E-state index in [-0.39, 0.29) is 30.1 Å². The molecule has 0 bridgehead atoms. The van der Waals surface area contributed by atoms with E-state index in [1.165, 1.54) is 0 Å². The predicted octanol–water partition coefficient (Wildman–Crippen LogP) is 6.63. The first kappa shape index (κ1) is 24.0. The molecule has 190 valence electrons. The zero-order valence-electron chi connectivity index (χ0n) is 20.3. The molecule has 4 aliphatic rings. The number of hydrogen-bond donors (Lipinski definition) is 1. The van der Waals surface area contributed by atoms with Crippen LogP contribution in [0.4, 0.5) is 8.78 Å². The van der Waals surface area contributed by atoms with Gasteiger partial charge in [-0.25, -0.2) is 8.78 Å². The van der Waals surface area contributed by atoms with E-state index in [4.69, 9.17) is 0 Å². The number of fused-ring (bicyclic) bond motifs is 6. The van der Waals surface area contributed by atoms with E-state index in [0.717, 1.165) is 60.3 Å². The smallest absolute Gasteiger partial charge is 0.266 e. The molecule has 0 amide bonds. The number of Topliss-reactive ketones (excluding diaryl/α,β-unsaturated/α-hetero) is 1. The van der Waals surface area contributed by atoms with Crippen molar-refractivity contribution in [2.75, 3.05) is 0 Å². The van der Waals surface area contributed by atoms with Crippen molar-refractivity contribution in [3.8, 4) is 0 Å². The van der Waals surface area contributed by atoms with Crippen LogP contribution in [0.15, 0.2) is 28.9 Å². The number of ketones is 1. The molecular formula is C28H35BrF2N2O2. The van der Waals surface area contributed by atoms with Crippen LogP contribution >= 0.6 is 15.9 Å². The van der Waals surface area contributed by atoms with Crippen LogP contribution in [0.2, 0.25) is 0 Å². The average Bonchev–Trinajstić information content (AvgIpc) is 3.40. The standard InChI is InChI=1S/C28H35BrF2N2O2/c1-27-11-9-18-17-10-12-28(35,26(30)31)13-16(17)5-6-19(18)21(27)7-8-22(27)25(34)15-33-24-4-2-3-23(29)20(24)14-32-33/h2-4,14,16-19,21-22,26,35H,5-13,15H2,1H3/t16-,17+,18-,19-,21+,22-,27+,28-/m1/s1. The third kappa shape index (κ3) is 3.74. The summed E-state index contributed by atoms with van der Waals surface area (Å²) >= 11 is 3.58. The van der Waals surface area contributed by atoms with Crippen molar-refractivity contribution in [3.05, 3.63) is 28.9 Å². The molecule has 0 spiro atoms. The summed E-state index contributed by atoms with van der Waals surface area (Å²) < 4.78 is 29.8.